The van der Waals surface area contributed by atoms with Gasteiger partial charge >= 0.3 is 0 Å². The van der Waals surface area contributed by atoms with Gasteiger partial charge in [-0.25, -0.2) is 0 Å². The largest absolute Gasteiger partial charge is 0.392 e. The van der Waals surface area contributed by atoms with Crippen LogP contribution < -0.4 is 5.73 Å². The molecule has 0 fully saturated rings. The molecule has 1 heterocycles. The maximum absolute atomic E-state index is 12.0. The molecule has 0 aliphatic rings. The average molecular weight is 357 g/mol. The number of fused-ring (bicyclic) bond motifs is 3. The Labute approximate surface area is 157 Å². The summed E-state index contributed by atoms with van der Waals surface area (Å²) in [5, 5.41) is 11.2. The first kappa shape index (κ1) is 17.3. The van der Waals surface area contributed by atoms with Gasteiger partial charge in [-0.05, 0) is 60.9 Å². The maximum Gasteiger partial charge on any atom is 0.249 e. The van der Waals surface area contributed by atoms with Crippen LogP contribution in [0.4, 0.5) is 0 Å². The Kier molecular flexibility index (Phi) is 4.21. The first-order chi connectivity index (χ1) is 13.0. The summed E-state index contributed by atoms with van der Waals surface area (Å²) in [5.41, 5.74) is 12.4. The zero-order valence-electron chi connectivity index (χ0n) is 15.4. The zero-order chi connectivity index (χ0) is 19.1. The third-order valence-corrected chi connectivity index (χ3v) is 5.13. The molecule has 4 heteroatoms. The summed E-state index contributed by atoms with van der Waals surface area (Å²) in [6.07, 6.45) is 0. The molecule has 1 amide bonds. The predicted molar refractivity (Wildman–Crippen MR) is 108 cm³/mol. The van der Waals surface area contributed by atoms with Crippen molar-refractivity contribution < 1.29 is 9.90 Å². The van der Waals surface area contributed by atoms with Crippen molar-refractivity contribution in [2.24, 2.45) is 5.73 Å². The van der Waals surface area contributed by atoms with Crippen molar-refractivity contribution in [3.63, 3.8) is 0 Å². The molecule has 0 unspecified atom stereocenters. The minimum atomic E-state index is -0.453. The highest BCUT2D eigenvalue weighted by Crippen LogP contribution is 2.33. The Morgan fingerprint density at radius 3 is 2.67 bits per heavy atom. The maximum atomic E-state index is 12.0. The van der Waals surface area contributed by atoms with Crippen molar-refractivity contribution in [3.8, 4) is 0 Å². The number of amides is 1. The lowest BCUT2D eigenvalue weighted by molar-refractivity contribution is 0.100. The fraction of sp³-hybridized carbons (Fsp3) is 0.174. The van der Waals surface area contributed by atoms with E-state index in [1.54, 1.807) is 12.1 Å². The van der Waals surface area contributed by atoms with Gasteiger partial charge in [-0.15, -0.1) is 0 Å². The normalized spacial score (nSPS) is 11.4. The zero-order valence-corrected chi connectivity index (χ0v) is 15.4. The van der Waals surface area contributed by atoms with Crippen molar-refractivity contribution in [2.75, 3.05) is 0 Å². The standard InChI is InChI=1S/C23H21N2O2/c1-14-6-8-17(15(2)10-14)12-25-20-5-3-4-19(23(24)27)22(20)18-9-7-16(13-26)11-21(18)25/h3-8,10-11,26H,12-13H2,1-2H3,(H2,24,27). The molecule has 27 heavy (non-hydrogen) atoms. The summed E-state index contributed by atoms with van der Waals surface area (Å²) >= 11 is 0. The molecule has 1 radical (unpaired) electrons. The van der Waals surface area contributed by atoms with E-state index in [1.165, 1.54) is 16.7 Å². The van der Waals surface area contributed by atoms with Gasteiger partial charge in [-0.3, -0.25) is 4.79 Å². The van der Waals surface area contributed by atoms with E-state index in [1.807, 2.05) is 18.2 Å². The Hall–Kier alpha value is -3.11. The molecule has 4 nitrogen and oxygen atoms in total. The third kappa shape index (κ3) is 2.88. The predicted octanol–water partition coefficient (Wildman–Crippen LogP) is 3.85. The van der Waals surface area contributed by atoms with Crippen LogP contribution in [-0.2, 0) is 13.2 Å². The number of carbonyl (C=O) groups is 1. The van der Waals surface area contributed by atoms with E-state index in [9.17, 15) is 9.90 Å². The van der Waals surface area contributed by atoms with Gasteiger partial charge in [0.05, 0.1) is 17.6 Å². The second-order valence-corrected chi connectivity index (χ2v) is 7.01. The quantitative estimate of drug-likeness (QED) is 0.582. The van der Waals surface area contributed by atoms with Gasteiger partial charge in [-0.1, -0.05) is 29.8 Å². The molecule has 0 aliphatic heterocycles. The van der Waals surface area contributed by atoms with Crippen LogP contribution in [0.1, 0.15) is 32.6 Å². The number of aliphatic hydroxyl groups is 1. The highest BCUT2D eigenvalue weighted by atomic mass is 16.3. The van der Waals surface area contributed by atoms with Gasteiger partial charge in [0, 0.05) is 22.9 Å². The number of nitrogens with two attached hydrogens (primary N) is 1. The van der Waals surface area contributed by atoms with E-state index in [-0.39, 0.29) is 6.61 Å². The van der Waals surface area contributed by atoms with Gasteiger partial charge in [-0.2, -0.15) is 0 Å². The van der Waals surface area contributed by atoms with Crippen molar-refractivity contribution in [1.82, 2.24) is 4.57 Å². The summed E-state index contributed by atoms with van der Waals surface area (Å²) in [7, 11) is 0. The Balaban J connectivity index is 2.04. The van der Waals surface area contributed by atoms with Crippen LogP contribution >= 0.6 is 0 Å². The van der Waals surface area contributed by atoms with Crippen LogP contribution in [0.15, 0.2) is 48.5 Å². The summed E-state index contributed by atoms with van der Waals surface area (Å²) in [6.45, 7) is 4.80. The highest BCUT2D eigenvalue weighted by Gasteiger charge is 2.17. The summed E-state index contributed by atoms with van der Waals surface area (Å²) in [4.78, 5) is 12.0. The Morgan fingerprint density at radius 1 is 1.15 bits per heavy atom. The Morgan fingerprint density at radius 2 is 1.96 bits per heavy atom. The summed E-state index contributed by atoms with van der Waals surface area (Å²) < 4.78 is 2.17. The van der Waals surface area contributed by atoms with Gasteiger partial charge in [0.25, 0.3) is 0 Å². The first-order valence-corrected chi connectivity index (χ1v) is 8.92. The molecule has 0 saturated carbocycles. The number of primary amides is 1. The molecule has 4 rings (SSSR count). The van der Waals surface area contributed by atoms with Crippen LogP contribution in [0.2, 0.25) is 0 Å². The van der Waals surface area contributed by atoms with Crippen molar-refractivity contribution in [1.29, 1.82) is 0 Å². The van der Waals surface area contributed by atoms with Crippen LogP contribution in [0.3, 0.4) is 0 Å². The fourth-order valence-corrected chi connectivity index (χ4v) is 3.76. The molecule has 1 aromatic heterocycles. The third-order valence-electron chi connectivity index (χ3n) is 5.13. The van der Waals surface area contributed by atoms with Crippen LogP contribution in [-0.4, -0.2) is 15.6 Å². The monoisotopic (exact) mass is 357 g/mol. The summed E-state index contributed by atoms with van der Waals surface area (Å²) in [5.74, 6) is -0.453. The minimum Gasteiger partial charge on any atom is -0.392 e. The second kappa shape index (κ2) is 6.56. The molecule has 3 N–H and O–H groups in total. The number of aryl methyl sites for hydroxylation is 2. The molecule has 0 atom stereocenters. The van der Waals surface area contributed by atoms with E-state index in [0.29, 0.717) is 12.1 Å². The molecular formula is C23H21N2O2. The van der Waals surface area contributed by atoms with E-state index < -0.39 is 5.91 Å². The van der Waals surface area contributed by atoms with Gasteiger partial charge < -0.3 is 15.4 Å². The van der Waals surface area contributed by atoms with Crippen molar-refractivity contribution in [3.05, 3.63) is 82.4 Å². The van der Waals surface area contributed by atoms with Crippen molar-refractivity contribution >= 4 is 27.7 Å². The van der Waals surface area contributed by atoms with E-state index >= 15 is 0 Å². The van der Waals surface area contributed by atoms with Crippen LogP contribution in [0, 0.1) is 19.9 Å². The second-order valence-electron chi connectivity index (χ2n) is 7.01. The molecule has 0 spiro atoms. The summed E-state index contributed by atoms with van der Waals surface area (Å²) in [6, 6.07) is 19.0. The molecule has 0 aliphatic carbocycles. The van der Waals surface area contributed by atoms with Gasteiger partial charge in [0.15, 0.2) is 0 Å². The first-order valence-electron chi connectivity index (χ1n) is 8.92. The molecule has 135 valence electrons. The number of carbonyl (C=O) groups excluding carboxylic acids is 1. The molecule has 0 bridgehead atoms. The van der Waals surface area contributed by atoms with Crippen molar-refractivity contribution in [2.45, 2.75) is 27.0 Å². The molecule has 3 aromatic carbocycles. The lowest BCUT2D eigenvalue weighted by Gasteiger charge is -2.12. The lowest BCUT2D eigenvalue weighted by atomic mass is 10.0. The highest BCUT2D eigenvalue weighted by molar-refractivity contribution is 6.17. The van der Waals surface area contributed by atoms with Gasteiger partial charge in [0.2, 0.25) is 5.91 Å². The fourth-order valence-electron chi connectivity index (χ4n) is 3.76. The SMILES string of the molecule is Cc1ccc(Cn2c3cc(CO)c[c]c3c3c(C(N)=O)cccc32)c(C)c1. The number of hydrogen-bond acceptors (Lipinski definition) is 2. The molecule has 4 aromatic rings. The topological polar surface area (TPSA) is 68.2 Å². The molecule has 0 saturated heterocycles. The van der Waals surface area contributed by atoms with Gasteiger partial charge in [0.1, 0.15) is 0 Å². The lowest BCUT2D eigenvalue weighted by Crippen LogP contribution is -2.11. The number of rotatable bonds is 4. The van der Waals surface area contributed by atoms with E-state index in [4.69, 9.17) is 5.73 Å². The average Bonchev–Trinajstić information content (AvgIpc) is 2.97. The smallest absolute Gasteiger partial charge is 0.249 e. The number of benzene rings is 3. The van der Waals surface area contributed by atoms with Crippen LogP contribution in [0.25, 0.3) is 21.8 Å². The van der Waals surface area contributed by atoms with Crippen LogP contribution in [0.5, 0.6) is 0 Å². The van der Waals surface area contributed by atoms with E-state index in [0.717, 1.165) is 27.4 Å². The number of nitrogens with zero attached hydrogens (tertiary/aromatic N) is 1. The molecular weight excluding hydrogens is 336 g/mol. The Bertz CT molecular complexity index is 1190. The number of aliphatic hydroxyl groups excluding tert-OH is 1. The number of hydrogen-bond donors (Lipinski definition) is 2. The minimum absolute atomic E-state index is 0.0554. The number of aromatic nitrogens is 1. The van der Waals surface area contributed by atoms with E-state index in [2.05, 4.69) is 42.7 Å².